The average Bonchev–Trinajstić information content (AvgIpc) is 2.97. The van der Waals surface area contributed by atoms with Gasteiger partial charge < -0.3 is 9.67 Å². The average molecular weight is 379 g/mol. The fourth-order valence-corrected chi connectivity index (χ4v) is 6.29. The number of rotatable bonds is 4. The minimum atomic E-state index is -0.604. The van der Waals surface area contributed by atoms with Gasteiger partial charge in [-0.3, -0.25) is 4.90 Å². The minimum absolute atomic E-state index is 0.444. The van der Waals surface area contributed by atoms with Crippen LogP contribution < -0.4 is 0 Å². The number of benzene rings is 1. The van der Waals surface area contributed by atoms with Crippen molar-refractivity contribution in [2.45, 2.75) is 76.5 Å². The fraction of sp³-hybridized carbons (Fsp3) is 0.600. The SMILES string of the molecule is Cc1ccc2c(c1)c1c(n2CC(C)CC2(O)C=CCCC2)C2CCC1CN2C. The number of hydrogen-bond acceptors (Lipinski definition) is 2. The second-order valence-corrected chi connectivity index (χ2v) is 9.87. The zero-order valence-electron chi connectivity index (χ0n) is 17.6. The number of aliphatic hydroxyl groups is 1. The summed E-state index contributed by atoms with van der Waals surface area (Å²) >= 11 is 0. The molecule has 0 amide bonds. The van der Waals surface area contributed by atoms with Crippen LogP contribution in [0.25, 0.3) is 10.9 Å². The number of aromatic nitrogens is 1. The second kappa shape index (κ2) is 6.74. The van der Waals surface area contributed by atoms with Gasteiger partial charge in [-0.05, 0) is 82.0 Å². The lowest BCUT2D eigenvalue weighted by Crippen LogP contribution is -2.41. The molecule has 2 aliphatic carbocycles. The Balaban J connectivity index is 1.54. The van der Waals surface area contributed by atoms with Crippen LogP contribution in [-0.2, 0) is 6.54 Å². The monoisotopic (exact) mass is 378 g/mol. The van der Waals surface area contributed by atoms with Crippen LogP contribution >= 0.6 is 0 Å². The molecule has 28 heavy (non-hydrogen) atoms. The van der Waals surface area contributed by atoms with Gasteiger partial charge >= 0.3 is 0 Å². The lowest BCUT2D eigenvalue weighted by Gasteiger charge is -2.44. The Hall–Kier alpha value is -1.58. The second-order valence-electron chi connectivity index (χ2n) is 9.87. The molecule has 4 atom stereocenters. The molecular formula is C25H34N2O. The van der Waals surface area contributed by atoms with Crippen LogP contribution in [0.15, 0.2) is 30.4 Å². The summed E-state index contributed by atoms with van der Waals surface area (Å²) in [6, 6.07) is 7.56. The Bertz CT molecular complexity index is 926. The molecule has 1 aromatic heterocycles. The molecule has 1 saturated heterocycles. The molecule has 150 valence electrons. The summed E-state index contributed by atoms with van der Waals surface area (Å²) in [5.41, 5.74) is 5.37. The normalized spacial score (nSPS) is 30.7. The van der Waals surface area contributed by atoms with Crippen molar-refractivity contribution in [3.05, 3.63) is 47.2 Å². The highest BCUT2D eigenvalue weighted by Crippen LogP contribution is 2.50. The predicted octanol–water partition coefficient (Wildman–Crippen LogP) is 5.31. The van der Waals surface area contributed by atoms with Gasteiger partial charge in [-0.15, -0.1) is 0 Å². The first-order valence-corrected chi connectivity index (χ1v) is 11.2. The van der Waals surface area contributed by atoms with Crippen LogP contribution in [0, 0.1) is 12.8 Å². The Morgan fingerprint density at radius 3 is 2.89 bits per heavy atom. The largest absolute Gasteiger partial charge is 0.386 e. The van der Waals surface area contributed by atoms with Crippen LogP contribution in [0.1, 0.15) is 74.2 Å². The van der Waals surface area contributed by atoms with Crippen LogP contribution in [0.5, 0.6) is 0 Å². The highest BCUT2D eigenvalue weighted by atomic mass is 16.3. The summed E-state index contributed by atoms with van der Waals surface area (Å²) in [7, 11) is 2.30. The molecule has 3 heteroatoms. The third kappa shape index (κ3) is 2.95. The first kappa shape index (κ1) is 18.4. The molecule has 4 unspecified atom stereocenters. The molecule has 2 aromatic rings. The topological polar surface area (TPSA) is 28.4 Å². The van der Waals surface area contributed by atoms with Gasteiger partial charge in [0.25, 0.3) is 0 Å². The quantitative estimate of drug-likeness (QED) is 0.730. The molecule has 1 fully saturated rings. The summed E-state index contributed by atoms with van der Waals surface area (Å²) < 4.78 is 2.62. The Labute approximate surface area is 169 Å². The Morgan fingerprint density at radius 1 is 1.29 bits per heavy atom. The third-order valence-corrected chi connectivity index (χ3v) is 7.46. The maximum absolute atomic E-state index is 11.0. The molecule has 1 N–H and O–H groups in total. The Morgan fingerprint density at radius 2 is 2.14 bits per heavy atom. The predicted molar refractivity (Wildman–Crippen MR) is 116 cm³/mol. The van der Waals surface area contributed by atoms with Crippen molar-refractivity contribution in [1.82, 2.24) is 9.47 Å². The van der Waals surface area contributed by atoms with Crippen LogP contribution in [0.4, 0.5) is 0 Å². The van der Waals surface area contributed by atoms with Crippen LogP contribution in [0.3, 0.4) is 0 Å². The van der Waals surface area contributed by atoms with Crippen molar-refractivity contribution in [2.24, 2.45) is 5.92 Å². The van der Waals surface area contributed by atoms with E-state index in [0.717, 1.165) is 32.2 Å². The van der Waals surface area contributed by atoms with Crippen LogP contribution in [-0.4, -0.2) is 33.8 Å². The molecule has 4 aliphatic rings. The summed E-state index contributed by atoms with van der Waals surface area (Å²) in [4.78, 5) is 2.57. The van der Waals surface area contributed by atoms with Crippen molar-refractivity contribution in [1.29, 1.82) is 0 Å². The molecule has 0 spiro atoms. The van der Waals surface area contributed by atoms with Crippen molar-refractivity contribution < 1.29 is 5.11 Å². The molecular weight excluding hydrogens is 344 g/mol. The van der Waals surface area contributed by atoms with Gasteiger partial charge in [-0.25, -0.2) is 0 Å². The molecule has 1 aromatic carbocycles. The highest BCUT2D eigenvalue weighted by molar-refractivity contribution is 5.87. The number of piperidine rings is 1. The molecule has 3 nitrogen and oxygen atoms in total. The van der Waals surface area contributed by atoms with Gasteiger partial charge in [-0.1, -0.05) is 30.7 Å². The van der Waals surface area contributed by atoms with Gasteiger partial charge in [-0.2, -0.15) is 0 Å². The van der Waals surface area contributed by atoms with Gasteiger partial charge in [0.05, 0.1) is 11.6 Å². The van der Waals surface area contributed by atoms with Gasteiger partial charge in [0, 0.05) is 29.7 Å². The van der Waals surface area contributed by atoms with E-state index in [-0.39, 0.29) is 0 Å². The standard InChI is InChI=1S/C25H34N2O/c1-17-7-9-21-20(13-17)23-19-8-10-22(26(3)16-19)24(23)27(21)15-18(2)14-25(28)11-5-4-6-12-25/h5,7,9,11,13,18-19,22,28H,4,6,8,10,12,14-16H2,1-3H3. The maximum atomic E-state index is 11.0. The molecule has 2 aliphatic heterocycles. The number of fused-ring (bicyclic) bond motifs is 3. The van der Waals surface area contributed by atoms with E-state index in [1.807, 2.05) is 0 Å². The minimum Gasteiger partial charge on any atom is -0.386 e. The zero-order valence-corrected chi connectivity index (χ0v) is 17.6. The van der Waals surface area contributed by atoms with Crippen molar-refractivity contribution in [3.8, 4) is 0 Å². The lowest BCUT2D eigenvalue weighted by molar-refractivity contribution is 0.0477. The third-order valence-electron chi connectivity index (χ3n) is 7.46. The molecule has 2 bridgehead atoms. The van der Waals surface area contributed by atoms with Gasteiger partial charge in [0.2, 0.25) is 0 Å². The van der Waals surface area contributed by atoms with E-state index < -0.39 is 5.60 Å². The van der Waals surface area contributed by atoms with E-state index in [1.54, 1.807) is 11.3 Å². The van der Waals surface area contributed by atoms with E-state index in [4.69, 9.17) is 0 Å². The Kier molecular flexibility index (Phi) is 4.44. The van der Waals surface area contributed by atoms with E-state index in [1.165, 1.54) is 35.9 Å². The number of hydrogen-bond donors (Lipinski definition) is 1. The van der Waals surface area contributed by atoms with E-state index in [0.29, 0.717) is 17.9 Å². The summed E-state index contributed by atoms with van der Waals surface area (Å²) in [6.45, 7) is 6.73. The molecule has 6 rings (SSSR count). The first-order valence-electron chi connectivity index (χ1n) is 11.2. The van der Waals surface area contributed by atoms with E-state index in [2.05, 4.69) is 60.7 Å². The summed E-state index contributed by atoms with van der Waals surface area (Å²) in [5, 5.41) is 12.5. The number of likely N-dealkylation sites (N-methyl/N-ethyl adjacent to an activating group) is 1. The van der Waals surface area contributed by atoms with Crippen molar-refractivity contribution in [3.63, 3.8) is 0 Å². The van der Waals surface area contributed by atoms with Gasteiger partial charge in [0.15, 0.2) is 0 Å². The number of nitrogens with zero attached hydrogens (tertiary/aromatic N) is 2. The fourth-order valence-electron chi connectivity index (χ4n) is 6.29. The van der Waals surface area contributed by atoms with Crippen LogP contribution in [0.2, 0.25) is 0 Å². The van der Waals surface area contributed by atoms with E-state index in [9.17, 15) is 5.11 Å². The molecule has 3 heterocycles. The lowest BCUT2D eigenvalue weighted by atomic mass is 9.77. The molecule has 0 radical (unpaired) electrons. The first-order chi connectivity index (χ1) is 13.5. The summed E-state index contributed by atoms with van der Waals surface area (Å²) in [5.74, 6) is 1.12. The van der Waals surface area contributed by atoms with Crippen molar-refractivity contribution in [2.75, 3.05) is 13.6 Å². The highest BCUT2D eigenvalue weighted by Gasteiger charge is 2.41. The summed E-state index contributed by atoms with van der Waals surface area (Å²) in [6.07, 6.45) is 10.8. The molecule has 0 saturated carbocycles. The van der Waals surface area contributed by atoms with Gasteiger partial charge in [0.1, 0.15) is 0 Å². The smallest absolute Gasteiger partial charge is 0.0831 e. The number of aryl methyl sites for hydroxylation is 1. The van der Waals surface area contributed by atoms with E-state index >= 15 is 0 Å². The maximum Gasteiger partial charge on any atom is 0.0831 e. The van der Waals surface area contributed by atoms with Crippen molar-refractivity contribution >= 4 is 10.9 Å². The number of allylic oxidation sites excluding steroid dienone is 1. The zero-order chi connectivity index (χ0) is 19.5.